The van der Waals surface area contributed by atoms with Gasteiger partial charge >= 0.3 is 0 Å². The fourth-order valence-electron chi connectivity index (χ4n) is 2.77. The highest BCUT2D eigenvalue weighted by atomic mass is 35.5. The topological polar surface area (TPSA) is 50.8 Å². The Morgan fingerprint density at radius 2 is 2.12 bits per heavy atom. The maximum Gasteiger partial charge on any atom is 0.258 e. The molecule has 1 aliphatic rings. The molecule has 1 aromatic carbocycles. The van der Waals surface area contributed by atoms with E-state index in [2.05, 4.69) is 21.7 Å². The summed E-state index contributed by atoms with van der Waals surface area (Å²) < 4.78 is 10.9. The molecule has 0 unspecified atom stereocenters. The zero-order valence-electron chi connectivity index (χ0n) is 14.1. The molecule has 1 N–H and O–H groups in total. The lowest BCUT2D eigenvalue weighted by molar-refractivity contribution is -0.123. The van der Waals surface area contributed by atoms with Gasteiger partial charge in [-0.1, -0.05) is 29.3 Å². The molecule has 0 bridgehead atoms. The molecule has 5 nitrogen and oxygen atoms in total. The quantitative estimate of drug-likeness (QED) is 0.751. The van der Waals surface area contributed by atoms with E-state index in [4.69, 9.17) is 32.7 Å². The Hall–Kier alpha value is -1.31. The molecule has 1 atom stereocenters. The van der Waals surface area contributed by atoms with Crippen LogP contribution in [-0.4, -0.2) is 50.3 Å². The minimum atomic E-state index is -0.198. The summed E-state index contributed by atoms with van der Waals surface area (Å²) in [6.45, 7) is 3.55. The summed E-state index contributed by atoms with van der Waals surface area (Å²) in [5, 5.41) is 5.94. The number of hydrogen-bond acceptors (Lipinski definition) is 5. The Morgan fingerprint density at radius 3 is 2.85 bits per heavy atom. The van der Waals surface area contributed by atoms with Crippen LogP contribution in [0.3, 0.4) is 0 Å². The summed E-state index contributed by atoms with van der Waals surface area (Å²) in [6.07, 6.45) is 0. The molecule has 1 fully saturated rings. The van der Waals surface area contributed by atoms with E-state index in [1.165, 1.54) is 4.88 Å². The lowest BCUT2D eigenvalue weighted by atomic mass is 10.2. The molecule has 1 amide bonds. The van der Waals surface area contributed by atoms with E-state index < -0.39 is 0 Å². The number of nitrogens with zero attached hydrogens (tertiary/aromatic N) is 1. The number of benzene rings is 1. The number of thiophene rings is 1. The number of halogens is 2. The van der Waals surface area contributed by atoms with E-state index in [-0.39, 0.29) is 18.6 Å². The Bertz CT molecular complexity index is 721. The van der Waals surface area contributed by atoms with Gasteiger partial charge in [0.05, 0.1) is 24.3 Å². The molecule has 0 spiro atoms. The summed E-state index contributed by atoms with van der Waals surface area (Å²) in [6, 6.07) is 9.17. The smallest absolute Gasteiger partial charge is 0.258 e. The number of ether oxygens (including phenoxy) is 2. The van der Waals surface area contributed by atoms with Crippen molar-refractivity contribution in [2.75, 3.05) is 39.5 Å². The van der Waals surface area contributed by atoms with Gasteiger partial charge in [-0.3, -0.25) is 9.69 Å². The Labute approximate surface area is 166 Å². The molecule has 2 aromatic rings. The SMILES string of the molecule is O=C(COc1cc(Cl)ccc1Cl)NC[C@@H](c1cccs1)N1CCOCC1. The first-order valence-corrected chi connectivity index (χ1v) is 9.97. The molecule has 8 heteroatoms. The third kappa shape index (κ3) is 5.34. The van der Waals surface area contributed by atoms with Gasteiger partial charge in [-0.2, -0.15) is 0 Å². The maximum atomic E-state index is 12.2. The van der Waals surface area contributed by atoms with E-state index in [1.54, 1.807) is 29.5 Å². The second kappa shape index (κ2) is 9.58. The van der Waals surface area contributed by atoms with Crippen molar-refractivity contribution in [2.45, 2.75) is 6.04 Å². The third-order valence-electron chi connectivity index (χ3n) is 4.10. The molecular weight excluding hydrogens is 395 g/mol. The molecule has 26 heavy (non-hydrogen) atoms. The second-order valence-electron chi connectivity index (χ2n) is 5.85. The largest absolute Gasteiger partial charge is 0.482 e. The van der Waals surface area contributed by atoms with Crippen molar-refractivity contribution >= 4 is 40.4 Å². The highest BCUT2D eigenvalue weighted by molar-refractivity contribution is 7.10. The van der Waals surface area contributed by atoms with Gasteiger partial charge in [0.15, 0.2) is 6.61 Å². The zero-order valence-corrected chi connectivity index (χ0v) is 16.4. The number of morpholine rings is 1. The van der Waals surface area contributed by atoms with Crippen LogP contribution in [0.1, 0.15) is 10.9 Å². The first-order chi connectivity index (χ1) is 12.6. The van der Waals surface area contributed by atoms with E-state index in [1.807, 2.05) is 6.07 Å². The molecule has 1 aliphatic heterocycles. The summed E-state index contributed by atoms with van der Waals surface area (Å²) in [5.41, 5.74) is 0. The van der Waals surface area contributed by atoms with Crippen LogP contribution < -0.4 is 10.1 Å². The van der Waals surface area contributed by atoms with E-state index in [0.717, 1.165) is 13.1 Å². The molecule has 3 rings (SSSR count). The lowest BCUT2D eigenvalue weighted by Gasteiger charge is -2.34. The molecule has 0 aliphatic carbocycles. The number of hydrogen-bond donors (Lipinski definition) is 1. The highest BCUT2D eigenvalue weighted by Crippen LogP contribution is 2.28. The predicted molar refractivity (Wildman–Crippen MR) is 104 cm³/mol. The van der Waals surface area contributed by atoms with Gasteiger partial charge in [-0.05, 0) is 23.6 Å². The first kappa shape index (κ1) is 19.5. The van der Waals surface area contributed by atoms with Crippen molar-refractivity contribution < 1.29 is 14.3 Å². The van der Waals surface area contributed by atoms with Crippen molar-refractivity contribution in [3.8, 4) is 5.75 Å². The number of rotatable bonds is 7. The first-order valence-electron chi connectivity index (χ1n) is 8.33. The van der Waals surface area contributed by atoms with Crippen molar-refractivity contribution in [3.63, 3.8) is 0 Å². The average molecular weight is 415 g/mol. The Balaban J connectivity index is 1.54. The minimum absolute atomic E-state index is 0.111. The number of carbonyl (C=O) groups is 1. The van der Waals surface area contributed by atoms with Crippen LogP contribution in [-0.2, 0) is 9.53 Å². The Kier molecular flexibility index (Phi) is 7.16. The van der Waals surface area contributed by atoms with Gasteiger partial charge in [0, 0.05) is 35.6 Å². The zero-order chi connectivity index (χ0) is 18.4. The van der Waals surface area contributed by atoms with E-state index in [9.17, 15) is 4.79 Å². The van der Waals surface area contributed by atoms with Gasteiger partial charge < -0.3 is 14.8 Å². The summed E-state index contributed by atoms with van der Waals surface area (Å²) in [5.74, 6) is 0.202. The number of nitrogens with one attached hydrogen (secondary N) is 1. The molecular formula is C18H20Cl2N2O3S. The molecule has 2 heterocycles. The normalized spacial score (nSPS) is 16.2. The summed E-state index contributed by atoms with van der Waals surface area (Å²) >= 11 is 13.7. The number of amides is 1. The third-order valence-corrected chi connectivity index (χ3v) is 5.62. The van der Waals surface area contributed by atoms with Crippen LogP contribution in [0, 0.1) is 0 Å². The predicted octanol–water partition coefficient (Wildman–Crippen LogP) is 3.62. The van der Waals surface area contributed by atoms with Crippen LogP contribution in [0.4, 0.5) is 0 Å². The standard InChI is InChI=1S/C18H20Cl2N2O3S/c19-13-3-4-14(20)16(10-13)25-12-18(23)21-11-15(17-2-1-9-26-17)22-5-7-24-8-6-22/h1-4,9-10,15H,5-8,11-12H2,(H,21,23)/t15-/m0/s1. The highest BCUT2D eigenvalue weighted by Gasteiger charge is 2.24. The van der Waals surface area contributed by atoms with Gasteiger partial charge in [0.1, 0.15) is 5.75 Å². The minimum Gasteiger partial charge on any atom is -0.482 e. The van der Waals surface area contributed by atoms with Gasteiger partial charge in [0.25, 0.3) is 5.91 Å². The van der Waals surface area contributed by atoms with Crippen LogP contribution in [0.5, 0.6) is 5.75 Å². The second-order valence-corrected chi connectivity index (χ2v) is 7.67. The molecule has 1 aromatic heterocycles. The van der Waals surface area contributed by atoms with Crippen molar-refractivity contribution in [1.82, 2.24) is 10.2 Å². The summed E-state index contributed by atoms with van der Waals surface area (Å²) in [7, 11) is 0. The molecule has 0 radical (unpaired) electrons. The monoisotopic (exact) mass is 414 g/mol. The van der Waals surface area contributed by atoms with Crippen LogP contribution in [0.2, 0.25) is 10.0 Å². The van der Waals surface area contributed by atoms with Crippen molar-refractivity contribution in [2.24, 2.45) is 0 Å². The van der Waals surface area contributed by atoms with Crippen LogP contribution >= 0.6 is 34.5 Å². The van der Waals surface area contributed by atoms with Crippen LogP contribution in [0.25, 0.3) is 0 Å². The van der Waals surface area contributed by atoms with Gasteiger partial charge in [-0.15, -0.1) is 11.3 Å². The average Bonchev–Trinajstić information content (AvgIpc) is 3.18. The van der Waals surface area contributed by atoms with Crippen molar-refractivity contribution in [3.05, 3.63) is 50.6 Å². The molecule has 140 valence electrons. The fraction of sp³-hybridized carbons (Fsp3) is 0.389. The van der Waals surface area contributed by atoms with Gasteiger partial charge in [-0.25, -0.2) is 0 Å². The van der Waals surface area contributed by atoms with E-state index in [0.29, 0.717) is 35.6 Å². The van der Waals surface area contributed by atoms with E-state index >= 15 is 0 Å². The van der Waals surface area contributed by atoms with Crippen molar-refractivity contribution in [1.29, 1.82) is 0 Å². The lowest BCUT2D eigenvalue weighted by Crippen LogP contribution is -2.44. The fourth-order valence-corrected chi connectivity index (χ4v) is 3.97. The molecule has 0 saturated carbocycles. The number of carbonyl (C=O) groups excluding carboxylic acids is 1. The Morgan fingerprint density at radius 1 is 1.31 bits per heavy atom. The van der Waals surface area contributed by atoms with Gasteiger partial charge in [0.2, 0.25) is 0 Å². The maximum absolute atomic E-state index is 12.2. The van der Waals surface area contributed by atoms with Crippen LogP contribution in [0.15, 0.2) is 35.7 Å². The summed E-state index contributed by atoms with van der Waals surface area (Å²) in [4.78, 5) is 15.8. The molecule has 1 saturated heterocycles.